The SMILES string of the molecule is CSCC(CCO)NC(=O)NC(C)c1ccccc1Cl. The van der Waals surface area contributed by atoms with E-state index >= 15 is 0 Å². The van der Waals surface area contributed by atoms with Gasteiger partial charge in [0, 0.05) is 23.4 Å². The van der Waals surface area contributed by atoms with E-state index in [1.54, 1.807) is 17.8 Å². The lowest BCUT2D eigenvalue weighted by atomic mass is 10.1. The summed E-state index contributed by atoms with van der Waals surface area (Å²) < 4.78 is 0. The molecule has 0 spiro atoms. The molecule has 0 radical (unpaired) electrons. The molecule has 112 valence electrons. The molecule has 0 heterocycles. The summed E-state index contributed by atoms with van der Waals surface area (Å²) in [6.45, 7) is 1.95. The number of rotatable bonds is 7. The Morgan fingerprint density at radius 2 is 2.10 bits per heavy atom. The zero-order chi connectivity index (χ0) is 15.0. The van der Waals surface area contributed by atoms with Crippen LogP contribution in [0.5, 0.6) is 0 Å². The first kappa shape index (κ1) is 17.1. The molecule has 0 aromatic heterocycles. The van der Waals surface area contributed by atoms with E-state index in [1.165, 1.54) is 0 Å². The molecule has 0 aliphatic rings. The van der Waals surface area contributed by atoms with Crippen LogP contribution in [-0.4, -0.2) is 35.8 Å². The highest BCUT2D eigenvalue weighted by Gasteiger charge is 2.15. The summed E-state index contributed by atoms with van der Waals surface area (Å²) >= 11 is 7.73. The lowest BCUT2D eigenvalue weighted by Crippen LogP contribution is -2.44. The molecule has 1 rings (SSSR count). The van der Waals surface area contributed by atoms with Gasteiger partial charge in [-0.3, -0.25) is 0 Å². The highest BCUT2D eigenvalue weighted by molar-refractivity contribution is 7.98. The van der Waals surface area contributed by atoms with Crippen LogP contribution in [0.15, 0.2) is 24.3 Å². The fourth-order valence-electron chi connectivity index (χ4n) is 1.88. The van der Waals surface area contributed by atoms with Crippen LogP contribution in [0.1, 0.15) is 24.9 Å². The van der Waals surface area contributed by atoms with Gasteiger partial charge in [0.15, 0.2) is 0 Å². The Hall–Kier alpha value is -0.910. The van der Waals surface area contributed by atoms with Crippen molar-refractivity contribution in [2.45, 2.75) is 25.4 Å². The van der Waals surface area contributed by atoms with Gasteiger partial charge in [0.1, 0.15) is 0 Å². The van der Waals surface area contributed by atoms with Crippen molar-refractivity contribution < 1.29 is 9.90 Å². The number of halogens is 1. The maximum atomic E-state index is 11.9. The fraction of sp³-hybridized carbons (Fsp3) is 0.500. The number of aliphatic hydroxyl groups excluding tert-OH is 1. The maximum absolute atomic E-state index is 11.9. The van der Waals surface area contributed by atoms with Gasteiger partial charge in [0.25, 0.3) is 0 Å². The van der Waals surface area contributed by atoms with Crippen LogP contribution in [0.25, 0.3) is 0 Å². The minimum absolute atomic E-state index is 0.0338. The summed E-state index contributed by atoms with van der Waals surface area (Å²) in [6, 6.07) is 6.98. The predicted octanol–water partition coefficient (Wildman–Crippen LogP) is 2.81. The normalized spacial score (nSPS) is 13.6. The van der Waals surface area contributed by atoms with Gasteiger partial charge in [-0.05, 0) is 31.2 Å². The second-order valence-corrected chi connectivity index (χ2v) is 5.84. The number of nitrogens with one attached hydrogen (secondary N) is 2. The Balaban J connectivity index is 2.54. The third-order valence-corrected chi connectivity index (χ3v) is 3.98. The summed E-state index contributed by atoms with van der Waals surface area (Å²) in [5, 5.41) is 15.3. The molecule has 0 bridgehead atoms. The minimum atomic E-state index is -0.245. The molecule has 3 N–H and O–H groups in total. The molecule has 0 saturated heterocycles. The molecule has 20 heavy (non-hydrogen) atoms. The molecule has 0 saturated carbocycles. The Labute approximate surface area is 129 Å². The molecule has 0 fully saturated rings. The van der Waals surface area contributed by atoms with Crippen molar-refractivity contribution in [1.29, 1.82) is 0 Å². The second-order valence-electron chi connectivity index (χ2n) is 4.53. The minimum Gasteiger partial charge on any atom is -0.396 e. The van der Waals surface area contributed by atoms with Crippen molar-refractivity contribution in [2.24, 2.45) is 0 Å². The molecule has 1 aromatic rings. The van der Waals surface area contributed by atoms with E-state index in [2.05, 4.69) is 10.6 Å². The van der Waals surface area contributed by atoms with Gasteiger partial charge in [-0.1, -0.05) is 29.8 Å². The zero-order valence-corrected chi connectivity index (χ0v) is 13.3. The molecule has 2 amide bonds. The average Bonchev–Trinajstić information content (AvgIpc) is 2.39. The van der Waals surface area contributed by atoms with Crippen molar-refractivity contribution in [3.05, 3.63) is 34.9 Å². The van der Waals surface area contributed by atoms with Gasteiger partial charge >= 0.3 is 6.03 Å². The van der Waals surface area contributed by atoms with Gasteiger partial charge in [-0.15, -0.1) is 0 Å². The highest BCUT2D eigenvalue weighted by atomic mass is 35.5. The summed E-state index contributed by atoms with van der Waals surface area (Å²) in [5.41, 5.74) is 0.882. The third kappa shape index (κ3) is 5.61. The Bertz CT molecular complexity index is 425. The van der Waals surface area contributed by atoms with Gasteiger partial charge in [-0.25, -0.2) is 4.79 Å². The van der Waals surface area contributed by atoms with Crippen molar-refractivity contribution in [3.8, 4) is 0 Å². The number of hydrogen-bond donors (Lipinski definition) is 3. The summed E-state index contributed by atoms with van der Waals surface area (Å²) in [6.07, 6.45) is 2.52. The van der Waals surface area contributed by atoms with Gasteiger partial charge < -0.3 is 15.7 Å². The smallest absolute Gasteiger partial charge is 0.315 e. The van der Waals surface area contributed by atoms with E-state index in [4.69, 9.17) is 16.7 Å². The topological polar surface area (TPSA) is 61.4 Å². The summed E-state index contributed by atoms with van der Waals surface area (Å²) in [5.74, 6) is 0.772. The number of hydrogen-bond acceptors (Lipinski definition) is 3. The maximum Gasteiger partial charge on any atom is 0.315 e. The molecular formula is C14H21ClN2O2S. The van der Waals surface area contributed by atoms with E-state index in [-0.39, 0.29) is 24.7 Å². The number of aliphatic hydroxyl groups is 1. The first-order valence-corrected chi connectivity index (χ1v) is 8.27. The summed E-state index contributed by atoms with van der Waals surface area (Å²) in [4.78, 5) is 11.9. The quantitative estimate of drug-likeness (QED) is 0.725. The molecule has 0 aliphatic carbocycles. The molecule has 2 atom stereocenters. The van der Waals surface area contributed by atoms with Crippen LogP contribution in [-0.2, 0) is 0 Å². The van der Waals surface area contributed by atoms with Crippen LogP contribution < -0.4 is 10.6 Å². The van der Waals surface area contributed by atoms with E-state index in [0.29, 0.717) is 11.4 Å². The first-order valence-electron chi connectivity index (χ1n) is 6.49. The Morgan fingerprint density at radius 1 is 1.40 bits per heavy atom. The lowest BCUT2D eigenvalue weighted by molar-refractivity contribution is 0.229. The molecule has 2 unspecified atom stereocenters. The van der Waals surface area contributed by atoms with Crippen molar-refractivity contribution in [2.75, 3.05) is 18.6 Å². The number of carbonyl (C=O) groups excluding carboxylic acids is 1. The van der Waals surface area contributed by atoms with Crippen molar-refractivity contribution in [1.82, 2.24) is 10.6 Å². The fourth-order valence-corrected chi connectivity index (χ4v) is 2.83. The van der Waals surface area contributed by atoms with E-state index < -0.39 is 0 Å². The van der Waals surface area contributed by atoms with Crippen LogP contribution >= 0.6 is 23.4 Å². The monoisotopic (exact) mass is 316 g/mol. The highest BCUT2D eigenvalue weighted by Crippen LogP contribution is 2.21. The Kier molecular flexibility index (Phi) is 7.80. The van der Waals surface area contributed by atoms with Gasteiger partial charge in [0.05, 0.1) is 6.04 Å². The van der Waals surface area contributed by atoms with E-state index in [0.717, 1.165) is 11.3 Å². The van der Waals surface area contributed by atoms with Crippen LogP contribution in [0.4, 0.5) is 4.79 Å². The second kappa shape index (κ2) is 9.10. The van der Waals surface area contributed by atoms with Crippen molar-refractivity contribution in [3.63, 3.8) is 0 Å². The number of carbonyl (C=O) groups is 1. The molecule has 4 nitrogen and oxygen atoms in total. The first-order chi connectivity index (χ1) is 9.58. The van der Waals surface area contributed by atoms with E-state index in [1.807, 2.05) is 31.4 Å². The van der Waals surface area contributed by atoms with Crippen LogP contribution in [0.3, 0.4) is 0 Å². The lowest BCUT2D eigenvalue weighted by Gasteiger charge is -2.20. The number of amides is 2. The Morgan fingerprint density at radius 3 is 2.70 bits per heavy atom. The van der Waals surface area contributed by atoms with Crippen LogP contribution in [0, 0.1) is 0 Å². The van der Waals surface area contributed by atoms with Gasteiger partial charge in [0.2, 0.25) is 0 Å². The largest absolute Gasteiger partial charge is 0.396 e. The number of thioether (sulfide) groups is 1. The summed E-state index contributed by atoms with van der Waals surface area (Å²) in [7, 11) is 0. The van der Waals surface area contributed by atoms with Crippen molar-refractivity contribution >= 4 is 29.4 Å². The zero-order valence-electron chi connectivity index (χ0n) is 11.7. The van der Waals surface area contributed by atoms with Crippen LogP contribution in [0.2, 0.25) is 5.02 Å². The average molecular weight is 317 g/mol. The molecular weight excluding hydrogens is 296 g/mol. The molecule has 0 aliphatic heterocycles. The number of urea groups is 1. The molecule has 6 heteroatoms. The number of benzene rings is 1. The predicted molar refractivity (Wildman–Crippen MR) is 85.4 cm³/mol. The van der Waals surface area contributed by atoms with E-state index in [9.17, 15) is 4.79 Å². The standard InChI is InChI=1S/C14H21ClN2O2S/c1-10(12-5-3-4-6-13(12)15)16-14(19)17-11(7-8-18)9-20-2/h3-6,10-11,18H,7-9H2,1-2H3,(H2,16,17,19). The third-order valence-electron chi connectivity index (χ3n) is 2.90. The van der Waals surface area contributed by atoms with Gasteiger partial charge in [-0.2, -0.15) is 11.8 Å². The molecule has 1 aromatic carbocycles.